The molecule has 0 spiro atoms. The molecule has 76 valence electrons. The number of aromatic nitrogens is 2. The van der Waals surface area contributed by atoms with E-state index in [-0.39, 0.29) is 16.3 Å². The number of benzene rings is 1. The molecule has 0 aliphatic rings. The van der Waals surface area contributed by atoms with Gasteiger partial charge in [-0.25, -0.2) is 0 Å². The first kappa shape index (κ1) is 10.2. The summed E-state index contributed by atoms with van der Waals surface area (Å²) in [6, 6.07) is 10.7. The molecule has 2 aromatic rings. The van der Waals surface area contributed by atoms with Crippen LogP contribution in [0.4, 0.5) is 0 Å². The third-order valence-corrected chi connectivity index (χ3v) is 1.98. The van der Waals surface area contributed by atoms with Crippen molar-refractivity contribution in [3.8, 4) is 11.8 Å². The van der Waals surface area contributed by atoms with Crippen molar-refractivity contribution in [3.63, 3.8) is 0 Å². The highest BCUT2D eigenvalue weighted by Crippen LogP contribution is 2.20. The Kier molecular flexibility index (Phi) is 3.04. The molecule has 5 heteroatoms. The van der Waals surface area contributed by atoms with Crippen LogP contribution in [-0.2, 0) is 0 Å². The van der Waals surface area contributed by atoms with Gasteiger partial charge in [0.15, 0.2) is 0 Å². The van der Waals surface area contributed by atoms with Gasteiger partial charge in [0.05, 0.1) is 0 Å². The van der Waals surface area contributed by atoms with Crippen molar-refractivity contribution in [2.45, 2.75) is 0 Å². The average molecular weight is 241 g/mol. The Morgan fingerprint density at radius 1 is 0.933 bits per heavy atom. The maximum Gasteiger partial charge on any atom is 0.324 e. The lowest BCUT2D eigenvalue weighted by atomic mass is 10.3. The second-order valence-electron chi connectivity index (χ2n) is 2.71. The summed E-state index contributed by atoms with van der Waals surface area (Å²) >= 11 is 11.4. The van der Waals surface area contributed by atoms with E-state index in [1.54, 1.807) is 12.1 Å². The molecular formula is C10H6Cl2N2O. The zero-order chi connectivity index (χ0) is 10.7. The molecule has 3 nitrogen and oxygen atoms in total. The fourth-order valence-corrected chi connectivity index (χ4v) is 1.42. The molecule has 0 aliphatic heterocycles. The van der Waals surface area contributed by atoms with E-state index in [9.17, 15) is 0 Å². The smallest absolute Gasteiger partial charge is 0.324 e. The van der Waals surface area contributed by atoms with Crippen LogP contribution in [0.15, 0.2) is 36.4 Å². The van der Waals surface area contributed by atoms with Crippen LogP contribution in [0.25, 0.3) is 0 Å². The van der Waals surface area contributed by atoms with Crippen LogP contribution in [0.5, 0.6) is 11.8 Å². The largest absolute Gasteiger partial charge is 0.424 e. The zero-order valence-electron chi connectivity index (χ0n) is 7.52. The summed E-state index contributed by atoms with van der Waals surface area (Å²) in [6.07, 6.45) is 0. The second kappa shape index (κ2) is 4.47. The van der Waals surface area contributed by atoms with E-state index in [2.05, 4.69) is 9.97 Å². The molecular weight excluding hydrogens is 235 g/mol. The molecule has 1 heterocycles. The molecule has 0 fully saturated rings. The molecule has 2 rings (SSSR count). The van der Waals surface area contributed by atoms with Crippen LogP contribution in [0.3, 0.4) is 0 Å². The van der Waals surface area contributed by atoms with Crippen molar-refractivity contribution < 1.29 is 4.74 Å². The van der Waals surface area contributed by atoms with E-state index in [1.165, 1.54) is 6.07 Å². The summed E-state index contributed by atoms with van der Waals surface area (Å²) in [5.41, 5.74) is 0. The number of ether oxygens (including phenoxy) is 1. The fourth-order valence-electron chi connectivity index (χ4n) is 1.01. The Bertz CT molecular complexity index is 442. The predicted octanol–water partition coefficient (Wildman–Crippen LogP) is 3.58. The lowest BCUT2D eigenvalue weighted by molar-refractivity contribution is 0.442. The first-order chi connectivity index (χ1) is 7.24. The summed E-state index contributed by atoms with van der Waals surface area (Å²) in [4.78, 5) is 7.75. The zero-order valence-corrected chi connectivity index (χ0v) is 9.03. The van der Waals surface area contributed by atoms with Crippen molar-refractivity contribution in [3.05, 3.63) is 46.7 Å². The van der Waals surface area contributed by atoms with Gasteiger partial charge in [0, 0.05) is 6.07 Å². The lowest BCUT2D eigenvalue weighted by Gasteiger charge is -2.03. The molecule has 1 aromatic heterocycles. The minimum absolute atomic E-state index is 0.138. The van der Waals surface area contributed by atoms with Crippen molar-refractivity contribution in [1.29, 1.82) is 0 Å². The normalized spacial score (nSPS) is 10.0. The summed E-state index contributed by atoms with van der Waals surface area (Å²) in [7, 11) is 0. The Labute approximate surface area is 96.6 Å². The van der Waals surface area contributed by atoms with Gasteiger partial charge in [0.2, 0.25) is 0 Å². The maximum atomic E-state index is 5.70. The fraction of sp³-hybridized carbons (Fsp3) is 0. The highest BCUT2D eigenvalue weighted by molar-refractivity contribution is 6.33. The third kappa shape index (κ3) is 2.81. The van der Waals surface area contributed by atoms with E-state index >= 15 is 0 Å². The van der Waals surface area contributed by atoms with E-state index < -0.39 is 0 Å². The van der Waals surface area contributed by atoms with Gasteiger partial charge in [-0.15, -0.1) is 0 Å². The van der Waals surface area contributed by atoms with Gasteiger partial charge in [-0.05, 0) is 12.1 Å². The molecule has 0 unspecified atom stereocenters. The number of hydrogen-bond donors (Lipinski definition) is 0. The predicted molar refractivity (Wildman–Crippen MR) is 58.6 cm³/mol. The minimum atomic E-state index is 0.138. The van der Waals surface area contributed by atoms with Crippen molar-refractivity contribution >= 4 is 23.2 Å². The Morgan fingerprint density at radius 2 is 1.53 bits per heavy atom. The van der Waals surface area contributed by atoms with Gasteiger partial charge in [0.25, 0.3) is 0 Å². The summed E-state index contributed by atoms with van der Waals surface area (Å²) < 4.78 is 5.35. The van der Waals surface area contributed by atoms with Gasteiger partial charge >= 0.3 is 6.01 Å². The molecule has 0 bridgehead atoms. The molecule has 0 saturated carbocycles. The van der Waals surface area contributed by atoms with Crippen LogP contribution in [-0.4, -0.2) is 9.97 Å². The first-order valence-corrected chi connectivity index (χ1v) is 4.92. The molecule has 0 aliphatic carbocycles. The van der Waals surface area contributed by atoms with Gasteiger partial charge in [-0.2, -0.15) is 9.97 Å². The number of nitrogens with zero attached hydrogens (tertiary/aromatic N) is 2. The quantitative estimate of drug-likeness (QED) is 0.753. The van der Waals surface area contributed by atoms with E-state index in [4.69, 9.17) is 27.9 Å². The summed E-state index contributed by atoms with van der Waals surface area (Å²) in [5, 5.41) is 0.502. The van der Waals surface area contributed by atoms with Gasteiger partial charge in [0.1, 0.15) is 16.1 Å². The van der Waals surface area contributed by atoms with Crippen molar-refractivity contribution in [1.82, 2.24) is 9.97 Å². The van der Waals surface area contributed by atoms with Crippen LogP contribution in [0, 0.1) is 0 Å². The van der Waals surface area contributed by atoms with E-state index in [0.29, 0.717) is 5.75 Å². The van der Waals surface area contributed by atoms with E-state index in [0.717, 1.165) is 0 Å². The SMILES string of the molecule is Clc1cc(Cl)nc(Oc2ccccc2)n1. The van der Waals surface area contributed by atoms with Crippen LogP contribution in [0.2, 0.25) is 10.3 Å². The van der Waals surface area contributed by atoms with Crippen molar-refractivity contribution in [2.75, 3.05) is 0 Å². The summed E-state index contributed by atoms with van der Waals surface area (Å²) in [6.45, 7) is 0. The standard InChI is InChI=1S/C10H6Cl2N2O/c11-8-6-9(12)14-10(13-8)15-7-4-2-1-3-5-7/h1-6H. The highest BCUT2D eigenvalue weighted by atomic mass is 35.5. The maximum absolute atomic E-state index is 5.70. The molecule has 15 heavy (non-hydrogen) atoms. The molecule has 0 atom stereocenters. The molecule has 0 saturated heterocycles. The highest BCUT2D eigenvalue weighted by Gasteiger charge is 2.03. The molecule has 0 radical (unpaired) electrons. The van der Waals surface area contributed by atoms with Crippen LogP contribution < -0.4 is 4.74 Å². The van der Waals surface area contributed by atoms with E-state index in [1.807, 2.05) is 18.2 Å². The molecule has 0 amide bonds. The molecule has 0 N–H and O–H groups in total. The van der Waals surface area contributed by atoms with Gasteiger partial charge < -0.3 is 4.74 Å². The van der Waals surface area contributed by atoms with Gasteiger partial charge in [-0.3, -0.25) is 0 Å². The molecule has 1 aromatic carbocycles. The Balaban J connectivity index is 2.25. The number of halogens is 2. The Morgan fingerprint density at radius 3 is 2.13 bits per heavy atom. The monoisotopic (exact) mass is 240 g/mol. The lowest BCUT2D eigenvalue weighted by Crippen LogP contribution is -1.91. The topological polar surface area (TPSA) is 35.0 Å². The first-order valence-electron chi connectivity index (χ1n) is 4.17. The number of hydrogen-bond acceptors (Lipinski definition) is 3. The van der Waals surface area contributed by atoms with Crippen molar-refractivity contribution in [2.24, 2.45) is 0 Å². The van der Waals surface area contributed by atoms with Gasteiger partial charge in [-0.1, -0.05) is 41.4 Å². The average Bonchev–Trinajstić information content (AvgIpc) is 2.17. The van der Waals surface area contributed by atoms with Crippen LogP contribution in [0.1, 0.15) is 0 Å². The number of para-hydroxylation sites is 1. The van der Waals surface area contributed by atoms with Crippen LogP contribution >= 0.6 is 23.2 Å². The number of rotatable bonds is 2. The third-order valence-electron chi connectivity index (χ3n) is 1.60. The Hall–Kier alpha value is -1.32. The minimum Gasteiger partial charge on any atom is -0.424 e. The second-order valence-corrected chi connectivity index (χ2v) is 3.49. The summed E-state index contributed by atoms with van der Waals surface area (Å²) in [5.74, 6) is 0.635.